The van der Waals surface area contributed by atoms with E-state index in [9.17, 15) is 0 Å². The molecular formula is C21H22N6. The van der Waals surface area contributed by atoms with Crippen LogP contribution in [0.25, 0.3) is 0 Å². The van der Waals surface area contributed by atoms with Gasteiger partial charge >= 0.3 is 0 Å². The minimum atomic E-state index is 0.186. The van der Waals surface area contributed by atoms with Gasteiger partial charge in [-0.25, -0.2) is 0 Å². The highest BCUT2D eigenvalue weighted by Gasteiger charge is 2.08. The summed E-state index contributed by atoms with van der Waals surface area (Å²) in [6, 6.07) is 15.8. The van der Waals surface area contributed by atoms with Crippen molar-refractivity contribution in [3.63, 3.8) is 0 Å². The molecule has 0 aliphatic rings. The molecule has 0 atom stereocenters. The summed E-state index contributed by atoms with van der Waals surface area (Å²) < 4.78 is 0. The Morgan fingerprint density at radius 1 is 0.926 bits per heavy atom. The highest BCUT2D eigenvalue weighted by Crippen LogP contribution is 2.27. The summed E-state index contributed by atoms with van der Waals surface area (Å²) >= 11 is 0. The molecule has 0 saturated heterocycles. The Morgan fingerprint density at radius 2 is 1.52 bits per heavy atom. The lowest BCUT2D eigenvalue weighted by molar-refractivity contribution is 1.17. The molecule has 0 aliphatic heterocycles. The predicted octanol–water partition coefficient (Wildman–Crippen LogP) is 4.54. The maximum atomic E-state index is 8.76. The number of nitrogen functional groups attached to an aromatic ring is 1. The standard InChI is InChI=1S/C21H22N6/c1-13-10-14(2)20(15(3)11-13)25-19-12-18(26-21(23)27-19)24-17-6-4-16(5-7-17)8-9-22/h4-7,10-12H,8H2,1-3H3,(H4,23,24,25,26,27). The Balaban J connectivity index is 1.83. The summed E-state index contributed by atoms with van der Waals surface area (Å²) in [6.45, 7) is 6.21. The van der Waals surface area contributed by atoms with Crippen LogP contribution < -0.4 is 16.4 Å². The predicted molar refractivity (Wildman–Crippen MR) is 109 cm³/mol. The van der Waals surface area contributed by atoms with Crippen LogP contribution in [0.3, 0.4) is 0 Å². The van der Waals surface area contributed by atoms with Crippen LogP contribution in [0, 0.1) is 32.1 Å². The van der Waals surface area contributed by atoms with Crippen molar-refractivity contribution in [2.75, 3.05) is 16.4 Å². The molecule has 136 valence electrons. The molecule has 6 nitrogen and oxygen atoms in total. The molecule has 0 bridgehead atoms. The second kappa shape index (κ2) is 7.75. The molecule has 4 N–H and O–H groups in total. The van der Waals surface area contributed by atoms with E-state index in [2.05, 4.69) is 59.6 Å². The van der Waals surface area contributed by atoms with Gasteiger partial charge in [0.05, 0.1) is 12.5 Å². The molecule has 0 unspecified atom stereocenters. The van der Waals surface area contributed by atoms with Gasteiger partial charge in [-0.3, -0.25) is 0 Å². The summed E-state index contributed by atoms with van der Waals surface area (Å²) in [5.74, 6) is 1.41. The lowest BCUT2D eigenvalue weighted by Gasteiger charge is -2.14. The lowest BCUT2D eigenvalue weighted by Crippen LogP contribution is -2.05. The Kier molecular flexibility index (Phi) is 5.23. The summed E-state index contributed by atoms with van der Waals surface area (Å²) in [5, 5.41) is 15.3. The monoisotopic (exact) mass is 358 g/mol. The third-order valence-corrected chi connectivity index (χ3v) is 4.18. The van der Waals surface area contributed by atoms with Crippen molar-refractivity contribution in [2.45, 2.75) is 27.2 Å². The first-order valence-corrected chi connectivity index (χ1v) is 8.67. The van der Waals surface area contributed by atoms with E-state index in [0.29, 0.717) is 18.1 Å². The first-order chi connectivity index (χ1) is 12.9. The number of hydrogen-bond donors (Lipinski definition) is 3. The summed E-state index contributed by atoms with van der Waals surface area (Å²) in [7, 11) is 0. The molecular weight excluding hydrogens is 336 g/mol. The third kappa shape index (κ3) is 4.53. The molecule has 0 spiro atoms. The Labute approximate surface area is 159 Å². The molecule has 1 heterocycles. The van der Waals surface area contributed by atoms with Crippen molar-refractivity contribution >= 4 is 29.0 Å². The molecule has 0 amide bonds. The van der Waals surface area contributed by atoms with Crippen molar-refractivity contribution < 1.29 is 0 Å². The number of aromatic nitrogens is 2. The lowest BCUT2D eigenvalue weighted by atomic mass is 10.1. The van der Waals surface area contributed by atoms with E-state index in [0.717, 1.165) is 28.1 Å². The SMILES string of the molecule is Cc1cc(C)c(Nc2cc(Nc3ccc(CC#N)cc3)nc(N)n2)c(C)c1. The van der Waals surface area contributed by atoms with E-state index in [1.54, 1.807) is 0 Å². The highest BCUT2D eigenvalue weighted by molar-refractivity contribution is 5.69. The molecule has 2 aromatic carbocycles. The van der Waals surface area contributed by atoms with Crippen LogP contribution in [0.2, 0.25) is 0 Å². The van der Waals surface area contributed by atoms with Gasteiger partial charge in [0, 0.05) is 17.4 Å². The molecule has 0 radical (unpaired) electrons. The molecule has 1 aromatic heterocycles. The van der Waals surface area contributed by atoms with E-state index < -0.39 is 0 Å². The van der Waals surface area contributed by atoms with Crippen molar-refractivity contribution in [2.24, 2.45) is 0 Å². The van der Waals surface area contributed by atoms with Gasteiger partial charge in [0.15, 0.2) is 0 Å². The minimum absolute atomic E-state index is 0.186. The largest absolute Gasteiger partial charge is 0.368 e. The number of nitrogens with two attached hydrogens (primary N) is 1. The maximum absolute atomic E-state index is 8.76. The Morgan fingerprint density at radius 3 is 2.11 bits per heavy atom. The smallest absolute Gasteiger partial charge is 0.223 e. The van der Waals surface area contributed by atoms with Crippen molar-refractivity contribution in [3.8, 4) is 6.07 Å². The van der Waals surface area contributed by atoms with Crippen LogP contribution in [0.5, 0.6) is 0 Å². The van der Waals surface area contributed by atoms with Crippen molar-refractivity contribution in [3.05, 3.63) is 64.7 Å². The van der Waals surface area contributed by atoms with E-state index in [4.69, 9.17) is 11.0 Å². The van der Waals surface area contributed by atoms with Crippen LogP contribution in [-0.4, -0.2) is 9.97 Å². The molecule has 0 saturated carbocycles. The maximum Gasteiger partial charge on any atom is 0.223 e. The number of nitriles is 1. The normalized spacial score (nSPS) is 10.3. The fraction of sp³-hybridized carbons (Fsp3) is 0.190. The van der Waals surface area contributed by atoms with Gasteiger partial charge in [-0.1, -0.05) is 29.8 Å². The molecule has 3 rings (SSSR count). The fourth-order valence-electron chi connectivity index (χ4n) is 3.04. The van der Waals surface area contributed by atoms with Gasteiger partial charge in [-0.2, -0.15) is 15.2 Å². The van der Waals surface area contributed by atoms with Gasteiger partial charge in [-0.05, 0) is 49.6 Å². The minimum Gasteiger partial charge on any atom is -0.368 e. The first kappa shape index (κ1) is 18.2. The van der Waals surface area contributed by atoms with E-state index >= 15 is 0 Å². The molecule has 6 heteroatoms. The number of rotatable bonds is 5. The second-order valence-corrected chi connectivity index (χ2v) is 6.55. The topological polar surface area (TPSA) is 99.6 Å². The second-order valence-electron chi connectivity index (χ2n) is 6.55. The number of nitrogens with one attached hydrogen (secondary N) is 2. The molecule has 0 aliphatic carbocycles. The Bertz CT molecular complexity index is 979. The molecule has 3 aromatic rings. The van der Waals surface area contributed by atoms with Crippen LogP contribution in [0.15, 0.2) is 42.5 Å². The summed E-state index contributed by atoms with van der Waals surface area (Å²) in [6.07, 6.45) is 0.393. The summed E-state index contributed by atoms with van der Waals surface area (Å²) in [4.78, 5) is 8.55. The van der Waals surface area contributed by atoms with E-state index in [1.807, 2.05) is 30.3 Å². The van der Waals surface area contributed by atoms with Crippen molar-refractivity contribution in [1.29, 1.82) is 5.26 Å². The third-order valence-electron chi connectivity index (χ3n) is 4.18. The number of hydrogen-bond acceptors (Lipinski definition) is 6. The average Bonchev–Trinajstić information content (AvgIpc) is 2.60. The quantitative estimate of drug-likeness (QED) is 0.619. The van der Waals surface area contributed by atoms with Gasteiger partial charge in [-0.15, -0.1) is 0 Å². The number of anilines is 5. The zero-order valence-corrected chi connectivity index (χ0v) is 15.7. The van der Waals surface area contributed by atoms with Crippen molar-refractivity contribution in [1.82, 2.24) is 9.97 Å². The number of benzene rings is 2. The van der Waals surface area contributed by atoms with E-state index in [1.165, 1.54) is 5.56 Å². The van der Waals surface area contributed by atoms with Gasteiger partial charge < -0.3 is 16.4 Å². The zero-order chi connectivity index (χ0) is 19.4. The molecule has 0 fully saturated rings. The number of aryl methyl sites for hydroxylation is 3. The van der Waals surface area contributed by atoms with Crippen LogP contribution in [0.4, 0.5) is 29.0 Å². The zero-order valence-electron chi connectivity index (χ0n) is 15.7. The first-order valence-electron chi connectivity index (χ1n) is 8.67. The summed E-state index contributed by atoms with van der Waals surface area (Å²) in [5.41, 5.74) is 12.3. The van der Waals surface area contributed by atoms with Gasteiger partial charge in [0.2, 0.25) is 5.95 Å². The average molecular weight is 358 g/mol. The van der Waals surface area contributed by atoms with Crippen LogP contribution in [-0.2, 0) is 6.42 Å². The molecule has 27 heavy (non-hydrogen) atoms. The van der Waals surface area contributed by atoms with Crippen LogP contribution >= 0.6 is 0 Å². The van der Waals surface area contributed by atoms with Crippen LogP contribution in [0.1, 0.15) is 22.3 Å². The van der Waals surface area contributed by atoms with Gasteiger partial charge in [0.25, 0.3) is 0 Å². The van der Waals surface area contributed by atoms with Gasteiger partial charge in [0.1, 0.15) is 11.6 Å². The van der Waals surface area contributed by atoms with E-state index in [-0.39, 0.29) is 5.95 Å². The highest BCUT2D eigenvalue weighted by atomic mass is 15.1. The number of nitrogens with zero attached hydrogens (tertiary/aromatic N) is 3. The fourth-order valence-corrected chi connectivity index (χ4v) is 3.04. The Hall–Kier alpha value is -3.59.